The van der Waals surface area contributed by atoms with Crippen molar-refractivity contribution in [3.8, 4) is 10.8 Å². The second-order valence-electron chi connectivity index (χ2n) is 5.22. The molecule has 0 saturated heterocycles. The fourth-order valence-electron chi connectivity index (χ4n) is 2.08. The van der Waals surface area contributed by atoms with E-state index in [2.05, 4.69) is 15.5 Å². The van der Waals surface area contributed by atoms with Gasteiger partial charge in [0.1, 0.15) is 12.4 Å². The number of amides is 1. The first-order chi connectivity index (χ1) is 12.5. The second kappa shape index (κ2) is 7.87. The molecule has 9 heteroatoms. The molecule has 1 unspecified atom stereocenters. The number of benzene rings is 1. The Morgan fingerprint density at radius 2 is 2.08 bits per heavy atom. The molecule has 0 saturated carbocycles. The van der Waals surface area contributed by atoms with Crippen LogP contribution in [0.5, 0.6) is 0 Å². The lowest BCUT2D eigenvalue weighted by Gasteiger charge is -2.10. The molecular formula is C17H14FN3O4S. The van der Waals surface area contributed by atoms with Crippen molar-refractivity contribution in [1.29, 1.82) is 0 Å². The third-order valence-electron chi connectivity index (χ3n) is 3.34. The van der Waals surface area contributed by atoms with Crippen LogP contribution in [-0.2, 0) is 9.53 Å². The summed E-state index contributed by atoms with van der Waals surface area (Å²) in [5.41, 5.74) is -0.147. The number of hydrogen-bond donors (Lipinski definition) is 1. The van der Waals surface area contributed by atoms with Gasteiger partial charge in [-0.2, -0.15) is 0 Å². The molecular weight excluding hydrogens is 361 g/mol. The summed E-state index contributed by atoms with van der Waals surface area (Å²) >= 11 is 1.44. The van der Waals surface area contributed by atoms with Gasteiger partial charge in [0.15, 0.2) is 6.10 Å². The van der Waals surface area contributed by atoms with Gasteiger partial charge in [0.25, 0.3) is 17.7 Å². The number of esters is 1. The Kier molecular flexibility index (Phi) is 5.37. The maximum atomic E-state index is 13.5. The molecule has 1 N–H and O–H groups in total. The zero-order valence-electron chi connectivity index (χ0n) is 13.6. The second-order valence-corrected chi connectivity index (χ2v) is 6.17. The van der Waals surface area contributed by atoms with Crippen LogP contribution in [0.2, 0.25) is 0 Å². The number of rotatable bonds is 6. The minimum Gasteiger partial charge on any atom is -0.451 e. The standard InChI is InChI=1S/C17H14FN3O4S/c1-10(16-20-21-17(25-16)13-7-4-8-26-13)24-14(22)9-19-15(23)11-5-2-3-6-12(11)18/h2-8,10H,9H2,1H3,(H,19,23). The Morgan fingerprint density at radius 3 is 2.81 bits per heavy atom. The SMILES string of the molecule is CC(OC(=O)CNC(=O)c1ccccc1F)c1nnc(-c2cccs2)o1. The number of halogens is 1. The number of carbonyl (C=O) groups excluding carboxylic acids is 2. The lowest BCUT2D eigenvalue weighted by molar-refractivity contribution is -0.148. The van der Waals surface area contributed by atoms with Crippen LogP contribution < -0.4 is 5.32 Å². The van der Waals surface area contributed by atoms with E-state index in [1.165, 1.54) is 29.5 Å². The molecule has 1 amide bonds. The molecule has 0 aliphatic heterocycles. The van der Waals surface area contributed by atoms with Crippen LogP contribution in [0.3, 0.4) is 0 Å². The summed E-state index contributed by atoms with van der Waals surface area (Å²) < 4.78 is 24.1. The number of nitrogens with zero attached hydrogens (tertiary/aromatic N) is 2. The highest BCUT2D eigenvalue weighted by atomic mass is 32.1. The fraction of sp³-hybridized carbons (Fsp3) is 0.176. The molecule has 7 nitrogen and oxygen atoms in total. The largest absolute Gasteiger partial charge is 0.451 e. The zero-order chi connectivity index (χ0) is 18.5. The predicted molar refractivity (Wildman–Crippen MR) is 90.9 cm³/mol. The minimum absolute atomic E-state index is 0.141. The van der Waals surface area contributed by atoms with E-state index in [4.69, 9.17) is 9.15 Å². The summed E-state index contributed by atoms with van der Waals surface area (Å²) in [7, 11) is 0. The molecule has 0 bridgehead atoms. The van der Waals surface area contributed by atoms with Crippen molar-refractivity contribution >= 4 is 23.2 Å². The summed E-state index contributed by atoms with van der Waals surface area (Å²) in [4.78, 5) is 24.5. The third kappa shape index (κ3) is 4.12. The van der Waals surface area contributed by atoms with Crippen LogP contribution in [0.15, 0.2) is 46.2 Å². The third-order valence-corrected chi connectivity index (χ3v) is 4.20. The van der Waals surface area contributed by atoms with Gasteiger partial charge in [0.2, 0.25) is 0 Å². The van der Waals surface area contributed by atoms with Gasteiger partial charge in [-0.3, -0.25) is 9.59 Å². The highest BCUT2D eigenvalue weighted by Crippen LogP contribution is 2.25. The van der Waals surface area contributed by atoms with E-state index >= 15 is 0 Å². The van der Waals surface area contributed by atoms with Crippen molar-refractivity contribution in [2.75, 3.05) is 6.54 Å². The normalized spacial score (nSPS) is 11.8. The van der Waals surface area contributed by atoms with Crippen LogP contribution in [-0.4, -0.2) is 28.6 Å². The van der Waals surface area contributed by atoms with Crippen molar-refractivity contribution in [3.05, 3.63) is 59.0 Å². The molecule has 3 aromatic rings. The lowest BCUT2D eigenvalue weighted by atomic mass is 10.2. The van der Waals surface area contributed by atoms with Gasteiger partial charge >= 0.3 is 5.97 Å². The smallest absolute Gasteiger partial charge is 0.326 e. The van der Waals surface area contributed by atoms with Gasteiger partial charge in [-0.25, -0.2) is 4.39 Å². The Labute approximate surface area is 151 Å². The Morgan fingerprint density at radius 1 is 1.27 bits per heavy atom. The summed E-state index contributed by atoms with van der Waals surface area (Å²) in [6.07, 6.45) is -0.783. The molecule has 0 fully saturated rings. The van der Waals surface area contributed by atoms with E-state index in [1.807, 2.05) is 17.5 Å². The van der Waals surface area contributed by atoms with Gasteiger partial charge in [0, 0.05) is 0 Å². The van der Waals surface area contributed by atoms with Crippen LogP contribution in [0.4, 0.5) is 4.39 Å². The maximum Gasteiger partial charge on any atom is 0.326 e. The predicted octanol–water partition coefficient (Wildman–Crippen LogP) is 2.97. The van der Waals surface area contributed by atoms with Crippen LogP contribution >= 0.6 is 11.3 Å². The minimum atomic E-state index is -0.783. The van der Waals surface area contributed by atoms with Gasteiger partial charge < -0.3 is 14.5 Å². The van der Waals surface area contributed by atoms with Crippen LogP contribution in [0, 0.1) is 5.82 Å². The van der Waals surface area contributed by atoms with Gasteiger partial charge in [-0.1, -0.05) is 18.2 Å². The molecule has 1 aromatic carbocycles. The number of nitrogens with one attached hydrogen (secondary N) is 1. The van der Waals surface area contributed by atoms with Crippen LogP contribution in [0.1, 0.15) is 29.3 Å². The monoisotopic (exact) mass is 375 g/mol. The van der Waals surface area contributed by atoms with Crippen LogP contribution in [0.25, 0.3) is 10.8 Å². The van der Waals surface area contributed by atoms with E-state index < -0.39 is 30.3 Å². The first kappa shape index (κ1) is 17.7. The van der Waals surface area contributed by atoms with Gasteiger partial charge in [-0.15, -0.1) is 21.5 Å². The number of hydrogen-bond acceptors (Lipinski definition) is 7. The molecule has 3 rings (SSSR count). The highest BCUT2D eigenvalue weighted by Gasteiger charge is 2.20. The number of carbonyl (C=O) groups is 2. The Hall–Kier alpha value is -3.07. The van der Waals surface area contributed by atoms with E-state index in [-0.39, 0.29) is 11.5 Å². The molecule has 1 atom stereocenters. The topological polar surface area (TPSA) is 94.3 Å². The molecule has 0 aliphatic carbocycles. The van der Waals surface area contributed by atoms with E-state index in [1.54, 1.807) is 6.92 Å². The molecule has 2 aromatic heterocycles. The Bertz CT molecular complexity index is 910. The van der Waals surface area contributed by atoms with Gasteiger partial charge in [-0.05, 0) is 30.5 Å². The summed E-state index contributed by atoms with van der Waals surface area (Å²) in [5, 5.41) is 11.9. The highest BCUT2D eigenvalue weighted by molar-refractivity contribution is 7.13. The van der Waals surface area contributed by atoms with Crippen molar-refractivity contribution in [2.45, 2.75) is 13.0 Å². The van der Waals surface area contributed by atoms with Crippen molar-refractivity contribution in [2.24, 2.45) is 0 Å². The maximum absolute atomic E-state index is 13.5. The van der Waals surface area contributed by atoms with E-state index in [9.17, 15) is 14.0 Å². The number of aromatic nitrogens is 2. The Balaban J connectivity index is 1.53. The summed E-state index contributed by atoms with van der Waals surface area (Å²) in [5.74, 6) is -1.60. The van der Waals surface area contributed by atoms with Crippen molar-refractivity contribution < 1.29 is 23.1 Å². The average Bonchev–Trinajstić information content (AvgIpc) is 3.31. The lowest BCUT2D eigenvalue weighted by Crippen LogP contribution is -2.31. The first-order valence-electron chi connectivity index (χ1n) is 7.64. The number of thiophene rings is 1. The average molecular weight is 375 g/mol. The zero-order valence-corrected chi connectivity index (χ0v) is 14.5. The molecule has 2 heterocycles. The van der Waals surface area contributed by atoms with Gasteiger partial charge in [0.05, 0.1) is 10.4 Å². The molecule has 134 valence electrons. The summed E-state index contributed by atoms with van der Waals surface area (Å²) in [6, 6.07) is 9.16. The van der Waals surface area contributed by atoms with E-state index in [0.29, 0.717) is 5.89 Å². The molecule has 26 heavy (non-hydrogen) atoms. The quantitative estimate of drug-likeness (QED) is 0.666. The van der Waals surface area contributed by atoms with E-state index in [0.717, 1.165) is 10.9 Å². The molecule has 0 spiro atoms. The fourth-order valence-corrected chi connectivity index (χ4v) is 2.73. The molecule has 0 radical (unpaired) electrons. The first-order valence-corrected chi connectivity index (χ1v) is 8.52. The number of ether oxygens (including phenoxy) is 1. The summed E-state index contributed by atoms with van der Waals surface area (Å²) in [6.45, 7) is 1.16. The van der Waals surface area contributed by atoms with Crippen molar-refractivity contribution in [3.63, 3.8) is 0 Å². The molecule has 0 aliphatic rings. The van der Waals surface area contributed by atoms with Crippen molar-refractivity contribution in [1.82, 2.24) is 15.5 Å².